The number of aromatic carboxylic acids is 1. The number of hydrogen-bond acceptors (Lipinski definition) is 4. The molecular formula is C11H9O6S+. The van der Waals surface area contributed by atoms with Crippen LogP contribution in [0.15, 0.2) is 18.2 Å². The Kier molecular flexibility index (Phi) is 3.24. The average Bonchev–Trinajstić information content (AvgIpc) is 2.36. The molecule has 2 rings (SSSR count). The second-order valence-corrected chi connectivity index (χ2v) is 4.56. The fourth-order valence-corrected chi connectivity index (χ4v) is 2.41. The molecule has 0 radical (unpaired) electrons. The SMILES string of the molecule is O=[S+]C1CC(C(=O)O)Oc2c(C(=O)O)cccc21. The summed E-state index contributed by atoms with van der Waals surface area (Å²) in [5.41, 5.74) is 0.310. The lowest BCUT2D eigenvalue weighted by atomic mass is 9.98. The molecule has 0 saturated carbocycles. The maximum Gasteiger partial charge on any atom is 0.467 e. The lowest BCUT2D eigenvalue weighted by Crippen LogP contribution is -2.33. The van der Waals surface area contributed by atoms with Crippen molar-refractivity contribution < 1.29 is 28.7 Å². The highest BCUT2D eigenvalue weighted by Crippen LogP contribution is 2.38. The summed E-state index contributed by atoms with van der Waals surface area (Å²) in [5, 5.41) is 17.3. The zero-order valence-corrected chi connectivity index (χ0v) is 9.85. The van der Waals surface area contributed by atoms with Crippen molar-refractivity contribution in [1.82, 2.24) is 0 Å². The van der Waals surface area contributed by atoms with Crippen LogP contribution in [0.5, 0.6) is 5.75 Å². The summed E-state index contributed by atoms with van der Waals surface area (Å²) in [6, 6.07) is 4.41. The minimum Gasteiger partial charge on any atom is -0.479 e. The molecule has 0 fully saturated rings. The van der Waals surface area contributed by atoms with Crippen LogP contribution in [0.1, 0.15) is 27.6 Å². The van der Waals surface area contributed by atoms with Gasteiger partial charge in [-0.25, -0.2) is 9.59 Å². The van der Waals surface area contributed by atoms with E-state index in [1.54, 1.807) is 6.07 Å². The fraction of sp³-hybridized carbons (Fsp3) is 0.273. The van der Waals surface area contributed by atoms with E-state index in [2.05, 4.69) is 0 Å². The largest absolute Gasteiger partial charge is 0.479 e. The van der Waals surface area contributed by atoms with Crippen molar-refractivity contribution in [2.24, 2.45) is 0 Å². The summed E-state index contributed by atoms with van der Waals surface area (Å²) in [5.74, 6) is -2.44. The zero-order chi connectivity index (χ0) is 13.3. The molecule has 0 amide bonds. The van der Waals surface area contributed by atoms with Gasteiger partial charge in [0.15, 0.2) is 0 Å². The summed E-state index contributed by atoms with van der Waals surface area (Å²) in [7, 11) is 0. The topological polar surface area (TPSA) is 101 Å². The average molecular weight is 269 g/mol. The van der Waals surface area contributed by atoms with E-state index >= 15 is 0 Å². The van der Waals surface area contributed by atoms with E-state index < -0.39 is 23.3 Å². The van der Waals surface area contributed by atoms with E-state index in [1.165, 1.54) is 12.1 Å². The van der Waals surface area contributed by atoms with E-state index in [0.717, 1.165) is 0 Å². The molecule has 2 unspecified atom stereocenters. The Morgan fingerprint density at radius 2 is 2.06 bits per heavy atom. The molecular weight excluding hydrogens is 260 g/mol. The molecule has 1 aliphatic heterocycles. The highest BCUT2D eigenvalue weighted by atomic mass is 32.1. The fourth-order valence-electron chi connectivity index (χ4n) is 1.86. The van der Waals surface area contributed by atoms with E-state index in [4.69, 9.17) is 14.9 Å². The summed E-state index contributed by atoms with van der Waals surface area (Å²) < 4.78 is 16.2. The van der Waals surface area contributed by atoms with Crippen molar-refractivity contribution in [2.75, 3.05) is 0 Å². The lowest BCUT2D eigenvalue weighted by molar-refractivity contribution is -0.145. The normalized spacial score (nSPS) is 21.6. The van der Waals surface area contributed by atoms with Crippen molar-refractivity contribution in [3.8, 4) is 5.75 Å². The van der Waals surface area contributed by atoms with E-state index in [9.17, 15) is 13.8 Å². The Morgan fingerprint density at radius 1 is 1.33 bits per heavy atom. The van der Waals surface area contributed by atoms with Crippen LogP contribution < -0.4 is 4.74 Å². The van der Waals surface area contributed by atoms with Crippen LogP contribution in [0, 0.1) is 0 Å². The summed E-state index contributed by atoms with van der Waals surface area (Å²) in [6.45, 7) is 0. The van der Waals surface area contributed by atoms with Gasteiger partial charge in [0.1, 0.15) is 11.3 Å². The van der Waals surface area contributed by atoms with Crippen LogP contribution in [0.3, 0.4) is 0 Å². The lowest BCUT2D eigenvalue weighted by Gasteiger charge is -2.23. The Morgan fingerprint density at radius 3 is 2.61 bits per heavy atom. The van der Waals surface area contributed by atoms with Gasteiger partial charge in [0, 0.05) is 4.21 Å². The van der Waals surface area contributed by atoms with E-state index in [-0.39, 0.29) is 29.4 Å². The molecule has 2 N–H and O–H groups in total. The first-order valence-electron chi connectivity index (χ1n) is 5.09. The summed E-state index contributed by atoms with van der Waals surface area (Å²) in [4.78, 5) is 22.0. The Hall–Kier alpha value is -2.02. The number of benzene rings is 1. The minimum absolute atomic E-state index is 0.0167. The molecule has 0 spiro atoms. The maximum atomic E-state index is 11.0. The number of ether oxygens (including phenoxy) is 1. The number of para-hydroxylation sites is 1. The zero-order valence-electron chi connectivity index (χ0n) is 9.03. The third kappa shape index (κ3) is 2.04. The predicted molar refractivity (Wildman–Crippen MR) is 60.9 cm³/mol. The third-order valence-electron chi connectivity index (χ3n) is 2.70. The number of rotatable bonds is 3. The van der Waals surface area contributed by atoms with Crippen LogP contribution in [0.2, 0.25) is 0 Å². The molecule has 0 aliphatic carbocycles. The van der Waals surface area contributed by atoms with Crippen LogP contribution in [-0.4, -0.2) is 28.3 Å². The summed E-state index contributed by atoms with van der Waals surface area (Å²) in [6.07, 6.45) is -1.16. The Labute approximate surface area is 106 Å². The van der Waals surface area contributed by atoms with Gasteiger partial charge in [-0.2, -0.15) is 0 Å². The molecule has 1 aromatic carbocycles. The molecule has 0 bridgehead atoms. The van der Waals surface area contributed by atoms with Gasteiger partial charge in [-0.05, 0) is 12.1 Å². The highest BCUT2D eigenvalue weighted by molar-refractivity contribution is 7.65. The van der Waals surface area contributed by atoms with Crippen molar-refractivity contribution in [3.63, 3.8) is 0 Å². The smallest absolute Gasteiger partial charge is 0.467 e. The molecule has 18 heavy (non-hydrogen) atoms. The van der Waals surface area contributed by atoms with Crippen LogP contribution in [0.25, 0.3) is 0 Å². The van der Waals surface area contributed by atoms with E-state index in [1.807, 2.05) is 0 Å². The van der Waals surface area contributed by atoms with Gasteiger partial charge in [-0.3, -0.25) is 0 Å². The van der Waals surface area contributed by atoms with Crippen molar-refractivity contribution in [2.45, 2.75) is 17.8 Å². The first-order valence-corrected chi connectivity index (χ1v) is 5.89. The van der Waals surface area contributed by atoms with Crippen LogP contribution in [-0.2, 0) is 20.7 Å². The standard InChI is InChI=1S/C11H8O6S/c12-10(13)6-3-1-2-5-8(18-16)4-7(11(14)15)17-9(5)6/h1-3,7-8H,4H2,(H-,12,13,14,15)/p+1. The third-order valence-corrected chi connectivity index (χ3v) is 3.38. The quantitative estimate of drug-likeness (QED) is 0.796. The van der Waals surface area contributed by atoms with Gasteiger partial charge in [0.25, 0.3) is 5.25 Å². The molecule has 1 aliphatic rings. The number of aliphatic carboxylic acids is 1. The predicted octanol–water partition coefficient (Wildman–Crippen LogP) is 1.09. The first kappa shape index (κ1) is 12.4. The number of hydrogen-bond donors (Lipinski definition) is 2. The second-order valence-electron chi connectivity index (χ2n) is 3.79. The Balaban J connectivity index is 2.54. The van der Waals surface area contributed by atoms with Crippen molar-refractivity contribution in [1.29, 1.82) is 0 Å². The minimum atomic E-state index is -1.22. The first-order chi connectivity index (χ1) is 8.54. The van der Waals surface area contributed by atoms with Gasteiger partial charge in [0.2, 0.25) is 6.10 Å². The number of carboxylic acid groups (broad SMARTS) is 2. The van der Waals surface area contributed by atoms with Gasteiger partial charge in [0.05, 0.1) is 12.0 Å². The van der Waals surface area contributed by atoms with Gasteiger partial charge >= 0.3 is 23.6 Å². The Bertz CT molecular complexity index is 526. The second kappa shape index (κ2) is 4.69. The molecule has 0 saturated heterocycles. The van der Waals surface area contributed by atoms with Crippen molar-refractivity contribution in [3.05, 3.63) is 29.3 Å². The summed E-state index contributed by atoms with van der Waals surface area (Å²) >= 11 is 0.244. The van der Waals surface area contributed by atoms with Gasteiger partial charge < -0.3 is 14.9 Å². The molecule has 2 atom stereocenters. The number of carbonyl (C=O) groups is 2. The van der Waals surface area contributed by atoms with Crippen molar-refractivity contribution >= 4 is 23.6 Å². The molecule has 7 heteroatoms. The van der Waals surface area contributed by atoms with Gasteiger partial charge in [-0.15, -0.1) is 0 Å². The molecule has 0 aromatic heterocycles. The van der Waals surface area contributed by atoms with Crippen LogP contribution in [0.4, 0.5) is 0 Å². The number of carboxylic acids is 2. The molecule has 6 nitrogen and oxygen atoms in total. The monoisotopic (exact) mass is 269 g/mol. The number of fused-ring (bicyclic) bond motifs is 1. The van der Waals surface area contributed by atoms with Gasteiger partial charge in [-0.1, -0.05) is 6.07 Å². The highest BCUT2D eigenvalue weighted by Gasteiger charge is 2.41. The maximum absolute atomic E-state index is 11.0. The molecule has 94 valence electrons. The van der Waals surface area contributed by atoms with E-state index in [0.29, 0.717) is 5.56 Å². The molecule has 1 aromatic rings. The van der Waals surface area contributed by atoms with Crippen LogP contribution >= 0.6 is 0 Å². The molecule has 1 heterocycles.